The lowest BCUT2D eigenvalue weighted by Crippen LogP contribution is -2.28. The summed E-state index contributed by atoms with van der Waals surface area (Å²) in [4.78, 5) is 18.6. The summed E-state index contributed by atoms with van der Waals surface area (Å²) in [6.07, 6.45) is 2.85. The Balaban J connectivity index is 2.20. The van der Waals surface area contributed by atoms with E-state index >= 15 is 0 Å². The molecule has 0 aromatic carbocycles. The topological polar surface area (TPSA) is 103 Å². The molecule has 7 heteroatoms. The highest BCUT2D eigenvalue weighted by atomic mass is 16.5. The average Bonchev–Trinajstić information content (AvgIpc) is 2.66. The Morgan fingerprint density at radius 1 is 1.73 bits per heavy atom. The second-order valence-corrected chi connectivity index (χ2v) is 3.19. The Morgan fingerprint density at radius 3 is 3.13 bits per heavy atom. The molecule has 1 radical (unpaired) electrons. The van der Waals surface area contributed by atoms with Crippen molar-refractivity contribution < 1.29 is 9.84 Å². The van der Waals surface area contributed by atoms with Gasteiger partial charge in [0.2, 0.25) is 5.95 Å². The summed E-state index contributed by atoms with van der Waals surface area (Å²) in [5, 5.41) is 8.85. The van der Waals surface area contributed by atoms with Crippen molar-refractivity contribution >= 4 is 5.95 Å². The molecule has 7 nitrogen and oxygen atoms in total. The monoisotopic (exact) mass is 211 g/mol. The maximum absolute atomic E-state index is 11.4. The number of aliphatic hydroxyl groups excluding tert-OH is 1. The van der Waals surface area contributed by atoms with E-state index in [1.807, 2.05) is 0 Å². The fraction of sp³-hybridized carbons (Fsp3) is 0.500. The number of anilines is 1. The van der Waals surface area contributed by atoms with Crippen LogP contribution in [0.3, 0.4) is 0 Å². The molecule has 2 heterocycles. The maximum atomic E-state index is 11.4. The largest absolute Gasteiger partial charge is 0.394 e. The summed E-state index contributed by atoms with van der Waals surface area (Å²) in [6.45, 7) is -0.0962. The van der Waals surface area contributed by atoms with Crippen LogP contribution in [0.1, 0.15) is 12.6 Å². The van der Waals surface area contributed by atoms with Gasteiger partial charge in [-0.05, 0) is 12.8 Å². The van der Waals surface area contributed by atoms with E-state index in [0.29, 0.717) is 6.42 Å². The number of hydrogen-bond acceptors (Lipinski definition) is 6. The van der Waals surface area contributed by atoms with Gasteiger partial charge in [-0.3, -0.25) is 4.57 Å². The zero-order chi connectivity index (χ0) is 10.8. The number of aromatic nitrogens is 3. The Hall–Kier alpha value is -1.47. The van der Waals surface area contributed by atoms with Gasteiger partial charge in [-0.25, -0.2) is 9.78 Å². The summed E-state index contributed by atoms with van der Waals surface area (Å²) in [6, 6.07) is 0. The molecule has 2 rings (SSSR count). The first-order valence-corrected chi connectivity index (χ1v) is 4.51. The quantitative estimate of drug-likeness (QED) is 0.630. The van der Waals surface area contributed by atoms with Crippen LogP contribution in [-0.2, 0) is 4.74 Å². The van der Waals surface area contributed by atoms with E-state index in [4.69, 9.17) is 15.6 Å². The zero-order valence-electron chi connectivity index (χ0n) is 7.91. The number of hydrogen-bond donors (Lipinski definition) is 2. The van der Waals surface area contributed by atoms with Crippen LogP contribution >= 0.6 is 0 Å². The van der Waals surface area contributed by atoms with Gasteiger partial charge in [0.15, 0.2) is 0 Å². The fourth-order valence-corrected chi connectivity index (χ4v) is 1.43. The second-order valence-electron chi connectivity index (χ2n) is 3.19. The highest BCUT2D eigenvalue weighted by molar-refractivity contribution is 5.09. The van der Waals surface area contributed by atoms with Crippen LogP contribution in [-0.4, -0.2) is 32.4 Å². The van der Waals surface area contributed by atoms with Crippen LogP contribution < -0.4 is 11.4 Å². The van der Waals surface area contributed by atoms with Crippen molar-refractivity contribution in [1.29, 1.82) is 0 Å². The lowest BCUT2D eigenvalue weighted by atomic mass is 10.2. The Kier molecular flexibility index (Phi) is 2.65. The minimum atomic E-state index is -0.500. The van der Waals surface area contributed by atoms with Gasteiger partial charge in [-0.1, -0.05) is 0 Å². The molecule has 0 saturated carbocycles. The molecule has 0 amide bonds. The molecule has 81 valence electrons. The Labute approximate surface area is 85.5 Å². The van der Waals surface area contributed by atoms with E-state index in [2.05, 4.69) is 9.97 Å². The van der Waals surface area contributed by atoms with E-state index in [0.717, 1.165) is 0 Å². The van der Waals surface area contributed by atoms with E-state index in [1.54, 1.807) is 6.42 Å². The Morgan fingerprint density at radius 2 is 2.53 bits per heavy atom. The second kappa shape index (κ2) is 3.95. The number of nitrogens with two attached hydrogens (primary N) is 1. The van der Waals surface area contributed by atoms with E-state index in [-0.39, 0.29) is 18.7 Å². The molecular weight excluding hydrogens is 200 g/mol. The van der Waals surface area contributed by atoms with Crippen molar-refractivity contribution in [1.82, 2.24) is 14.5 Å². The number of aliphatic hydroxyl groups is 1. The molecule has 1 aromatic heterocycles. The molecule has 1 aliphatic heterocycles. The van der Waals surface area contributed by atoms with Crippen LogP contribution in [0.4, 0.5) is 5.95 Å². The van der Waals surface area contributed by atoms with Gasteiger partial charge < -0.3 is 15.6 Å². The Bertz CT molecular complexity index is 405. The molecule has 0 bridgehead atoms. The van der Waals surface area contributed by atoms with Gasteiger partial charge in [-0.15, -0.1) is 0 Å². The van der Waals surface area contributed by atoms with Crippen molar-refractivity contribution in [2.45, 2.75) is 18.8 Å². The average molecular weight is 211 g/mol. The predicted molar refractivity (Wildman–Crippen MR) is 50.6 cm³/mol. The van der Waals surface area contributed by atoms with Gasteiger partial charge >= 0.3 is 5.69 Å². The number of ether oxygens (including phenoxy) is 1. The highest BCUT2D eigenvalue weighted by Crippen LogP contribution is 2.25. The van der Waals surface area contributed by atoms with Crippen LogP contribution in [0, 0.1) is 6.42 Å². The molecule has 1 aliphatic rings. The molecular formula is C8H11N4O3. The SMILES string of the molecule is Nc1ncn([C@H]2C[CH][C@H](CO)O2)c(=O)n1. The zero-order valence-corrected chi connectivity index (χ0v) is 7.91. The lowest BCUT2D eigenvalue weighted by molar-refractivity contribution is -0.0198. The molecule has 1 fully saturated rings. The molecule has 0 aliphatic carbocycles. The number of nitrogens with zero attached hydrogens (tertiary/aromatic N) is 3. The first-order valence-electron chi connectivity index (χ1n) is 4.51. The van der Waals surface area contributed by atoms with Crippen LogP contribution in [0.15, 0.2) is 11.1 Å². The molecule has 3 N–H and O–H groups in total. The van der Waals surface area contributed by atoms with E-state index in [1.165, 1.54) is 10.9 Å². The molecule has 15 heavy (non-hydrogen) atoms. The normalized spacial score (nSPS) is 25.7. The summed E-state index contributed by atoms with van der Waals surface area (Å²) < 4.78 is 6.61. The van der Waals surface area contributed by atoms with Crippen molar-refractivity contribution in [2.24, 2.45) is 0 Å². The highest BCUT2D eigenvalue weighted by Gasteiger charge is 2.27. The minimum absolute atomic E-state index is 0.0584. The van der Waals surface area contributed by atoms with Gasteiger partial charge in [0, 0.05) is 0 Å². The number of rotatable bonds is 2. The van der Waals surface area contributed by atoms with Crippen molar-refractivity contribution in [3.8, 4) is 0 Å². The first kappa shape index (κ1) is 10.1. The molecule has 0 unspecified atom stereocenters. The summed E-state index contributed by atoms with van der Waals surface area (Å²) in [7, 11) is 0. The van der Waals surface area contributed by atoms with Crippen LogP contribution in [0.5, 0.6) is 0 Å². The smallest absolute Gasteiger partial charge is 0.354 e. The molecule has 1 saturated heterocycles. The van der Waals surface area contributed by atoms with Crippen molar-refractivity contribution in [3.05, 3.63) is 23.2 Å². The number of nitrogen functional groups attached to an aromatic ring is 1. The maximum Gasteiger partial charge on any atom is 0.354 e. The molecule has 0 spiro atoms. The molecule has 1 aromatic rings. The lowest BCUT2D eigenvalue weighted by Gasteiger charge is -2.13. The van der Waals surface area contributed by atoms with Crippen molar-refractivity contribution in [3.63, 3.8) is 0 Å². The fourth-order valence-electron chi connectivity index (χ4n) is 1.43. The summed E-state index contributed by atoms with van der Waals surface area (Å²) in [5.41, 5.74) is 4.75. The third-order valence-corrected chi connectivity index (χ3v) is 2.17. The van der Waals surface area contributed by atoms with E-state index < -0.39 is 11.9 Å². The van der Waals surface area contributed by atoms with Crippen LogP contribution in [0.25, 0.3) is 0 Å². The standard InChI is InChI=1S/C8H11N4O3/c9-7-10-4-12(8(14)11-7)6-2-1-5(3-13)15-6/h1,4-6,13H,2-3H2,(H2,9,11,14)/t5-,6-/m1/s1. The summed E-state index contributed by atoms with van der Waals surface area (Å²) >= 11 is 0. The van der Waals surface area contributed by atoms with E-state index in [9.17, 15) is 4.79 Å². The third-order valence-electron chi connectivity index (χ3n) is 2.17. The third kappa shape index (κ3) is 1.97. The van der Waals surface area contributed by atoms with Gasteiger partial charge in [0.05, 0.1) is 12.7 Å². The van der Waals surface area contributed by atoms with Gasteiger partial charge in [-0.2, -0.15) is 4.98 Å². The van der Waals surface area contributed by atoms with Gasteiger partial charge in [0.25, 0.3) is 0 Å². The van der Waals surface area contributed by atoms with Crippen LogP contribution in [0.2, 0.25) is 0 Å². The first-order chi connectivity index (χ1) is 7.20. The molecule has 2 atom stereocenters. The van der Waals surface area contributed by atoms with Gasteiger partial charge in [0.1, 0.15) is 12.6 Å². The minimum Gasteiger partial charge on any atom is -0.394 e. The summed E-state index contributed by atoms with van der Waals surface area (Å²) in [5.74, 6) is -0.0584. The predicted octanol–water partition coefficient (Wildman–Crippen LogP) is -1.30. The van der Waals surface area contributed by atoms with Crippen molar-refractivity contribution in [2.75, 3.05) is 12.3 Å².